The van der Waals surface area contributed by atoms with Gasteiger partial charge in [-0.2, -0.15) is 0 Å². The van der Waals surface area contributed by atoms with Gasteiger partial charge in [-0.25, -0.2) is 4.98 Å². The number of ether oxygens (including phenoxy) is 1. The van der Waals surface area contributed by atoms with Crippen LogP contribution in [-0.2, 0) is 0 Å². The van der Waals surface area contributed by atoms with Crippen LogP contribution >= 0.6 is 22.7 Å². The Kier molecular flexibility index (Phi) is 4.32. The Balaban J connectivity index is 1.41. The molecule has 24 heavy (non-hydrogen) atoms. The van der Waals surface area contributed by atoms with Gasteiger partial charge in [0.15, 0.2) is 5.06 Å². The Morgan fingerprint density at radius 3 is 2.83 bits per heavy atom. The Morgan fingerprint density at radius 1 is 1.38 bits per heavy atom. The summed E-state index contributed by atoms with van der Waals surface area (Å²) in [5, 5.41) is 6.53. The van der Waals surface area contributed by atoms with E-state index in [1.807, 2.05) is 24.4 Å². The molecule has 0 radical (unpaired) electrons. The van der Waals surface area contributed by atoms with Crippen molar-refractivity contribution in [1.29, 1.82) is 0 Å². The number of aryl methyl sites for hydroxylation is 1. The molecule has 0 aromatic carbocycles. The van der Waals surface area contributed by atoms with E-state index in [2.05, 4.69) is 22.1 Å². The van der Waals surface area contributed by atoms with Gasteiger partial charge >= 0.3 is 0 Å². The molecule has 5 heterocycles. The van der Waals surface area contributed by atoms with Gasteiger partial charge in [-0.15, -0.1) is 0 Å². The van der Waals surface area contributed by atoms with E-state index in [0.29, 0.717) is 27.1 Å². The Morgan fingerprint density at radius 2 is 2.17 bits per heavy atom. The van der Waals surface area contributed by atoms with E-state index in [9.17, 15) is 4.79 Å². The van der Waals surface area contributed by atoms with Gasteiger partial charge in [-0.1, -0.05) is 22.7 Å². The number of carbonyl (C=O) groups excluding carboxylic acids is 1. The van der Waals surface area contributed by atoms with E-state index >= 15 is 0 Å². The minimum absolute atomic E-state index is 0.00997. The van der Waals surface area contributed by atoms with E-state index in [1.165, 1.54) is 48.6 Å². The summed E-state index contributed by atoms with van der Waals surface area (Å²) in [5.41, 5.74) is 0.945. The summed E-state index contributed by atoms with van der Waals surface area (Å²) >= 11 is 2.84. The van der Waals surface area contributed by atoms with Gasteiger partial charge in [-0.3, -0.25) is 9.69 Å². The highest BCUT2D eigenvalue weighted by Gasteiger charge is 2.40. The van der Waals surface area contributed by atoms with Crippen molar-refractivity contribution < 1.29 is 9.53 Å². The molecule has 3 aliphatic heterocycles. The molecule has 0 aliphatic carbocycles. The molecule has 2 unspecified atom stereocenters. The second-order valence-corrected chi connectivity index (χ2v) is 8.46. The molecule has 3 fully saturated rings. The molecule has 1 N–H and O–H groups in total. The van der Waals surface area contributed by atoms with Crippen LogP contribution in [-0.4, -0.2) is 41.0 Å². The predicted octanol–water partition coefficient (Wildman–Crippen LogP) is 3.52. The van der Waals surface area contributed by atoms with E-state index in [-0.39, 0.29) is 11.9 Å². The maximum Gasteiger partial charge on any atom is 0.279 e. The first-order chi connectivity index (χ1) is 11.6. The van der Waals surface area contributed by atoms with E-state index in [1.54, 1.807) is 0 Å². The monoisotopic (exact) mass is 363 g/mol. The minimum atomic E-state index is 0.00997. The van der Waals surface area contributed by atoms with Crippen molar-refractivity contribution >= 4 is 28.6 Å². The number of piperidine rings is 3. The average molecular weight is 364 g/mol. The number of carbonyl (C=O) groups is 1. The number of hydrogen-bond acceptors (Lipinski definition) is 6. The van der Waals surface area contributed by atoms with E-state index in [0.717, 1.165) is 5.69 Å². The molecular weight excluding hydrogens is 342 g/mol. The van der Waals surface area contributed by atoms with E-state index < -0.39 is 0 Å². The van der Waals surface area contributed by atoms with Crippen LogP contribution in [0.5, 0.6) is 10.3 Å². The Bertz CT molecular complexity index is 732. The normalized spacial score (nSPS) is 28.8. The number of rotatable bonds is 4. The number of aromatic nitrogens is 1. The van der Waals surface area contributed by atoms with Crippen molar-refractivity contribution in [2.75, 3.05) is 13.1 Å². The van der Waals surface area contributed by atoms with Crippen LogP contribution < -0.4 is 10.1 Å². The lowest BCUT2D eigenvalue weighted by molar-refractivity contribution is 0.0218. The molecule has 5 nitrogen and oxygen atoms in total. The van der Waals surface area contributed by atoms with Crippen molar-refractivity contribution in [3.05, 3.63) is 28.1 Å². The standard InChI is InChI=1S/C17H21N3O2S2/c1-10-9-23-17(18-10)22-14-4-3-13(24-14)16(21)19-15-11(2)20-7-5-12(15)6-8-20/h3-4,9,11-12,15H,5-8H2,1-2H3,(H,19,21). The van der Waals surface area contributed by atoms with Crippen molar-refractivity contribution in [3.63, 3.8) is 0 Å². The number of nitrogens with zero attached hydrogens (tertiary/aromatic N) is 2. The zero-order chi connectivity index (χ0) is 16.7. The summed E-state index contributed by atoms with van der Waals surface area (Å²) in [5.74, 6) is 0.624. The van der Waals surface area contributed by atoms with Crippen LogP contribution in [0.4, 0.5) is 0 Å². The van der Waals surface area contributed by atoms with E-state index in [4.69, 9.17) is 4.74 Å². The third-order valence-corrected chi connectivity index (χ3v) is 6.86. The lowest BCUT2D eigenvalue weighted by Gasteiger charge is -2.49. The molecule has 3 aliphatic rings. The highest BCUT2D eigenvalue weighted by atomic mass is 32.1. The minimum Gasteiger partial charge on any atom is -0.420 e. The Labute approximate surface area is 149 Å². The number of amides is 1. The molecule has 5 rings (SSSR count). The zero-order valence-electron chi connectivity index (χ0n) is 13.8. The maximum absolute atomic E-state index is 12.6. The van der Waals surface area contributed by atoms with Crippen molar-refractivity contribution in [2.45, 2.75) is 38.8 Å². The van der Waals surface area contributed by atoms with Crippen molar-refractivity contribution in [2.24, 2.45) is 5.92 Å². The zero-order valence-corrected chi connectivity index (χ0v) is 15.5. The first-order valence-electron chi connectivity index (χ1n) is 8.35. The molecule has 0 spiro atoms. The summed E-state index contributed by atoms with van der Waals surface area (Å²) in [7, 11) is 0. The smallest absolute Gasteiger partial charge is 0.279 e. The highest BCUT2D eigenvalue weighted by molar-refractivity contribution is 7.16. The van der Waals surface area contributed by atoms with Gasteiger partial charge in [0.05, 0.1) is 10.6 Å². The second kappa shape index (κ2) is 6.46. The van der Waals surface area contributed by atoms with Gasteiger partial charge in [0.2, 0.25) is 0 Å². The second-order valence-electron chi connectivity index (χ2n) is 6.59. The van der Waals surface area contributed by atoms with Crippen LogP contribution in [0.2, 0.25) is 0 Å². The van der Waals surface area contributed by atoms with Gasteiger partial charge < -0.3 is 10.1 Å². The molecule has 3 saturated heterocycles. The number of thiazole rings is 1. The molecule has 2 bridgehead atoms. The summed E-state index contributed by atoms with van der Waals surface area (Å²) in [6, 6.07) is 4.36. The fourth-order valence-corrected chi connectivity index (χ4v) is 5.20. The van der Waals surface area contributed by atoms with Crippen LogP contribution in [0.1, 0.15) is 35.1 Å². The highest BCUT2D eigenvalue weighted by Crippen LogP contribution is 2.34. The first-order valence-corrected chi connectivity index (χ1v) is 10.0. The van der Waals surface area contributed by atoms with Crippen molar-refractivity contribution in [3.8, 4) is 10.3 Å². The SMILES string of the molecule is Cc1csc(Oc2ccc(C(=O)NC3C4CCN(CC4)C3C)s2)n1. The van der Waals surface area contributed by atoms with Crippen LogP contribution in [0.15, 0.2) is 17.5 Å². The van der Waals surface area contributed by atoms with Gasteiger partial charge in [0, 0.05) is 17.5 Å². The van der Waals surface area contributed by atoms with Crippen LogP contribution in [0, 0.1) is 12.8 Å². The number of hydrogen-bond donors (Lipinski definition) is 1. The largest absolute Gasteiger partial charge is 0.420 e. The van der Waals surface area contributed by atoms with Gasteiger partial charge in [0.25, 0.3) is 11.1 Å². The molecule has 0 saturated carbocycles. The van der Waals surface area contributed by atoms with Crippen LogP contribution in [0.3, 0.4) is 0 Å². The molecule has 2 atom stereocenters. The quantitative estimate of drug-likeness (QED) is 0.903. The topological polar surface area (TPSA) is 54.5 Å². The fourth-order valence-electron chi connectivity index (χ4n) is 3.73. The predicted molar refractivity (Wildman–Crippen MR) is 96.3 cm³/mol. The summed E-state index contributed by atoms with van der Waals surface area (Å²) in [6.07, 6.45) is 2.38. The number of nitrogens with one attached hydrogen (secondary N) is 1. The van der Waals surface area contributed by atoms with Crippen molar-refractivity contribution in [1.82, 2.24) is 15.2 Å². The lowest BCUT2D eigenvalue weighted by atomic mass is 9.79. The lowest BCUT2D eigenvalue weighted by Crippen LogP contribution is -2.62. The third kappa shape index (κ3) is 3.08. The molecular formula is C17H21N3O2S2. The van der Waals surface area contributed by atoms with Gasteiger partial charge in [0.1, 0.15) is 0 Å². The molecule has 128 valence electrons. The molecule has 1 amide bonds. The maximum atomic E-state index is 12.6. The molecule has 2 aromatic rings. The first kappa shape index (κ1) is 16.1. The van der Waals surface area contributed by atoms with Crippen LogP contribution in [0.25, 0.3) is 0 Å². The summed E-state index contributed by atoms with van der Waals surface area (Å²) in [4.78, 5) is 20.1. The van der Waals surface area contributed by atoms with Gasteiger partial charge in [-0.05, 0) is 57.8 Å². The summed E-state index contributed by atoms with van der Waals surface area (Å²) < 4.78 is 5.73. The number of fused-ring (bicyclic) bond motifs is 3. The number of thiophene rings is 1. The average Bonchev–Trinajstić information content (AvgIpc) is 3.21. The molecule has 2 aromatic heterocycles. The fraction of sp³-hybridized carbons (Fsp3) is 0.529. The summed E-state index contributed by atoms with van der Waals surface area (Å²) in [6.45, 7) is 6.50. The Hall–Kier alpha value is -1.44. The molecule has 7 heteroatoms. The third-order valence-electron chi connectivity index (χ3n) is 5.07.